The second-order valence-electron chi connectivity index (χ2n) is 4.36. The topological polar surface area (TPSA) is 99.1 Å². The molecule has 0 atom stereocenters. The third-order valence-electron chi connectivity index (χ3n) is 2.87. The van der Waals surface area contributed by atoms with Crippen molar-refractivity contribution in [2.24, 2.45) is 5.14 Å². The Kier molecular flexibility index (Phi) is 3.28. The van der Waals surface area contributed by atoms with Crippen LogP contribution in [0.25, 0.3) is 22.8 Å². The number of rotatable bonds is 3. The van der Waals surface area contributed by atoms with Crippen LogP contribution in [-0.2, 0) is 10.0 Å². The zero-order valence-electron chi connectivity index (χ0n) is 10.8. The summed E-state index contributed by atoms with van der Waals surface area (Å²) in [4.78, 5) is 4.27. The minimum atomic E-state index is -3.76. The molecule has 2 aromatic carbocycles. The lowest BCUT2D eigenvalue weighted by atomic mass is 10.2. The van der Waals surface area contributed by atoms with Gasteiger partial charge < -0.3 is 4.52 Å². The Bertz CT molecular complexity index is 873. The fourth-order valence-electron chi connectivity index (χ4n) is 1.85. The maximum absolute atomic E-state index is 11.4. The van der Waals surface area contributed by atoms with Crippen LogP contribution < -0.4 is 5.14 Å². The first-order chi connectivity index (χ1) is 10.0. The van der Waals surface area contributed by atoms with E-state index in [1.54, 1.807) is 12.1 Å². The number of primary sulfonamides is 1. The minimum Gasteiger partial charge on any atom is -0.334 e. The molecule has 0 radical (unpaired) electrons. The second-order valence-corrected chi connectivity index (χ2v) is 5.92. The summed E-state index contributed by atoms with van der Waals surface area (Å²) in [5, 5.41) is 8.97. The quantitative estimate of drug-likeness (QED) is 0.798. The van der Waals surface area contributed by atoms with E-state index in [4.69, 9.17) is 9.66 Å². The summed E-state index contributed by atoms with van der Waals surface area (Å²) < 4.78 is 27.9. The Morgan fingerprint density at radius 3 is 2.38 bits per heavy atom. The first-order valence-electron chi connectivity index (χ1n) is 6.06. The van der Waals surface area contributed by atoms with Crippen LogP contribution >= 0.6 is 0 Å². The molecule has 0 fully saturated rings. The van der Waals surface area contributed by atoms with Crippen molar-refractivity contribution in [1.29, 1.82) is 0 Å². The van der Waals surface area contributed by atoms with Gasteiger partial charge in [0.15, 0.2) is 0 Å². The highest BCUT2D eigenvalue weighted by Gasteiger charge is 2.13. The molecule has 3 aromatic rings. The van der Waals surface area contributed by atoms with E-state index in [9.17, 15) is 8.42 Å². The molecule has 0 aliphatic heterocycles. The lowest BCUT2D eigenvalue weighted by Gasteiger charge is -1.99. The highest BCUT2D eigenvalue weighted by Crippen LogP contribution is 2.23. The lowest BCUT2D eigenvalue weighted by molar-refractivity contribution is 0.432. The smallest absolute Gasteiger partial charge is 0.258 e. The molecule has 0 saturated carbocycles. The number of aromatic nitrogens is 2. The van der Waals surface area contributed by atoms with E-state index in [0.717, 1.165) is 5.56 Å². The zero-order valence-corrected chi connectivity index (χ0v) is 11.6. The van der Waals surface area contributed by atoms with Gasteiger partial charge in [-0.3, -0.25) is 0 Å². The van der Waals surface area contributed by atoms with Crippen LogP contribution in [0.4, 0.5) is 0 Å². The maximum atomic E-state index is 11.4. The van der Waals surface area contributed by atoms with Gasteiger partial charge in [0.2, 0.25) is 15.8 Å². The predicted molar refractivity (Wildman–Crippen MR) is 76.5 cm³/mol. The molecular weight excluding hydrogens is 290 g/mol. The molecule has 106 valence electrons. The molecule has 0 amide bonds. The van der Waals surface area contributed by atoms with Gasteiger partial charge in [-0.25, -0.2) is 13.6 Å². The standard InChI is InChI=1S/C14H11N3O3S/c15-21(18,19)12-8-4-7-11(9-12)13-16-14(20-17-13)10-5-2-1-3-6-10/h1-9H,(H2,15,18,19). The van der Waals surface area contributed by atoms with Crippen LogP contribution in [-0.4, -0.2) is 18.6 Å². The van der Waals surface area contributed by atoms with E-state index in [-0.39, 0.29) is 4.90 Å². The fourth-order valence-corrected chi connectivity index (χ4v) is 2.41. The molecule has 2 N–H and O–H groups in total. The first kappa shape index (κ1) is 13.5. The molecule has 0 bridgehead atoms. The molecule has 1 aromatic heterocycles. The lowest BCUT2D eigenvalue weighted by Crippen LogP contribution is -2.11. The van der Waals surface area contributed by atoms with Crippen LogP contribution in [0, 0.1) is 0 Å². The number of hydrogen-bond donors (Lipinski definition) is 1. The third-order valence-corrected chi connectivity index (χ3v) is 3.78. The number of nitrogens with two attached hydrogens (primary N) is 1. The van der Waals surface area contributed by atoms with Gasteiger partial charge in [-0.05, 0) is 24.3 Å². The normalized spacial score (nSPS) is 11.5. The van der Waals surface area contributed by atoms with Crippen molar-refractivity contribution in [2.45, 2.75) is 4.90 Å². The van der Waals surface area contributed by atoms with Gasteiger partial charge in [0.25, 0.3) is 5.89 Å². The average Bonchev–Trinajstić information content (AvgIpc) is 2.97. The molecule has 3 rings (SSSR count). The van der Waals surface area contributed by atoms with Gasteiger partial charge in [0.05, 0.1) is 4.90 Å². The molecule has 0 spiro atoms. The van der Waals surface area contributed by atoms with Crippen LogP contribution in [0.2, 0.25) is 0 Å². The average molecular weight is 301 g/mol. The molecule has 21 heavy (non-hydrogen) atoms. The van der Waals surface area contributed by atoms with Crippen molar-refractivity contribution in [3.63, 3.8) is 0 Å². The molecule has 0 aliphatic carbocycles. The number of sulfonamides is 1. The van der Waals surface area contributed by atoms with Crippen molar-refractivity contribution in [2.75, 3.05) is 0 Å². The fraction of sp³-hybridized carbons (Fsp3) is 0. The van der Waals surface area contributed by atoms with Gasteiger partial charge in [-0.15, -0.1) is 0 Å². The van der Waals surface area contributed by atoms with Crippen LogP contribution in [0.5, 0.6) is 0 Å². The monoisotopic (exact) mass is 301 g/mol. The Morgan fingerprint density at radius 2 is 1.67 bits per heavy atom. The Morgan fingerprint density at radius 1 is 0.952 bits per heavy atom. The molecule has 0 saturated heterocycles. The van der Waals surface area contributed by atoms with E-state index < -0.39 is 10.0 Å². The van der Waals surface area contributed by atoms with Crippen molar-refractivity contribution < 1.29 is 12.9 Å². The zero-order chi connectivity index (χ0) is 14.9. The van der Waals surface area contributed by atoms with Gasteiger partial charge in [0, 0.05) is 11.1 Å². The predicted octanol–water partition coefficient (Wildman–Crippen LogP) is 2.05. The number of hydrogen-bond acceptors (Lipinski definition) is 5. The van der Waals surface area contributed by atoms with Gasteiger partial charge in [-0.1, -0.05) is 35.5 Å². The summed E-state index contributed by atoms with van der Waals surface area (Å²) in [5.41, 5.74) is 1.31. The first-order valence-corrected chi connectivity index (χ1v) is 7.61. The van der Waals surface area contributed by atoms with E-state index >= 15 is 0 Å². The van der Waals surface area contributed by atoms with Crippen LogP contribution in [0.1, 0.15) is 0 Å². The van der Waals surface area contributed by atoms with Crippen LogP contribution in [0.15, 0.2) is 64.0 Å². The molecular formula is C14H11N3O3S. The summed E-state index contributed by atoms with van der Waals surface area (Å²) in [6.45, 7) is 0. The number of benzene rings is 2. The van der Waals surface area contributed by atoms with E-state index in [2.05, 4.69) is 10.1 Å². The van der Waals surface area contributed by atoms with E-state index in [1.165, 1.54) is 12.1 Å². The van der Waals surface area contributed by atoms with Crippen molar-refractivity contribution >= 4 is 10.0 Å². The highest BCUT2D eigenvalue weighted by atomic mass is 32.2. The van der Waals surface area contributed by atoms with Gasteiger partial charge >= 0.3 is 0 Å². The van der Waals surface area contributed by atoms with Crippen molar-refractivity contribution in [3.05, 3.63) is 54.6 Å². The van der Waals surface area contributed by atoms with E-state index in [0.29, 0.717) is 17.3 Å². The van der Waals surface area contributed by atoms with E-state index in [1.807, 2.05) is 30.3 Å². The summed E-state index contributed by atoms with van der Waals surface area (Å²) in [6, 6.07) is 15.4. The Hall–Kier alpha value is -2.51. The minimum absolute atomic E-state index is 0.00561. The molecule has 6 nitrogen and oxygen atoms in total. The number of nitrogens with zero attached hydrogens (tertiary/aromatic N) is 2. The molecule has 1 heterocycles. The largest absolute Gasteiger partial charge is 0.334 e. The van der Waals surface area contributed by atoms with Gasteiger partial charge in [-0.2, -0.15) is 4.98 Å². The van der Waals surface area contributed by atoms with Crippen molar-refractivity contribution in [3.8, 4) is 22.8 Å². The second kappa shape index (κ2) is 5.12. The maximum Gasteiger partial charge on any atom is 0.258 e. The van der Waals surface area contributed by atoms with Crippen LogP contribution in [0.3, 0.4) is 0 Å². The van der Waals surface area contributed by atoms with Crippen molar-refractivity contribution in [1.82, 2.24) is 10.1 Å². The highest BCUT2D eigenvalue weighted by molar-refractivity contribution is 7.89. The summed E-state index contributed by atoms with van der Waals surface area (Å²) in [5.74, 6) is 0.672. The SMILES string of the molecule is NS(=O)(=O)c1cccc(-c2noc(-c3ccccc3)n2)c1. The molecule has 0 unspecified atom stereocenters. The Labute approximate surface area is 121 Å². The van der Waals surface area contributed by atoms with Gasteiger partial charge in [0.1, 0.15) is 0 Å². The summed E-state index contributed by atoms with van der Waals surface area (Å²) in [7, 11) is -3.76. The summed E-state index contributed by atoms with van der Waals surface area (Å²) >= 11 is 0. The third kappa shape index (κ3) is 2.83. The molecule has 0 aliphatic rings. The molecule has 7 heteroatoms. The Balaban J connectivity index is 2.01. The summed E-state index contributed by atoms with van der Waals surface area (Å²) in [6.07, 6.45) is 0.